The Labute approximate surface area is 98.4 Å². The predicted octanol–water partition coefficient (Wildman–Crippen LogP) is 0.764. The van der Waals surface area contributed by atoms with Crippen LogP contribution in [0.5, 0.6) is 0 Å². The summed E-state index contributed by atoms with van der Waals surface area (Å²) in [6.45, 7) is 8.32. The van der Waals surface area contributed by atoms with E-state index in [9.17, 15) is 0 Å². The second kappa shape index (κ2) is 4.35. The molecule has 0 bridgehead atoms. The van der Waals surface area contributed by atoms with Crippen LogP contribution in [0.25, 0.3) is 0 Å². The Kier molecular flexibility index (Phi) is 3.23. The van der Waals surface area contributed by atoms with Gasteiger partial charge in [0.15, 0.2) is 6.54 Å². The van der Waals surface area contributed by atoms with Gasteiger partial charge in [0.25, 0.3) is 0 Å². The monoisotopic (exact) mass is 223 g/mol. The fraction of sp³-hybridized carbons (Fsp3) is 0.923. The van der Waals surface area contributed by atoms with Gasteiger partial charge < -0.3 is 9.64 Å². The molecular formula is C13H23N2O+. The van der Waals surface area contributed by atoms with Crippen LogP contribution in [0.4, 0.5) is 0 Å². The zero-order valence-corrected chi connectivity index (χ0v) is 10.5. The highest BCUT2D eigenvalue weighted by molar-refractivity contribution is 4.91. The third kappa shape index (κ3) is 2.56. The van der Waals surface area contributed by atoms with Gasteiger partial charge in [-0.3, -0.25) is 0 Å². The first-order valence-corrected chi connectivity index (χ1v) is 6.40. The molecule has 2 fully saturated rings. The van der Waals surface area contributed by atoms with Gasteiger partial charge in [0.1, 0.15) is 6.07 Å². The lowest BCUT2D eigenvalue weighted by Crippen LogP contribution is -3.14. The minimum Gasteiger partial charge on any atom is -0.376 e. The van der Waals surface area contributed by atoms with E-state index in [2.05, 4.69) is 19.9 Å². The first kappa shape index (κ1) is 11.9. The van der Waals surface area contributed by atoms with E-state index < -0.39 is 0 Å². The first-order chi connectivity index (χ1) is 7.55. The molecule has 0 radical (unpaired) electrons. The van der Waals surface area contributed by atoms with Crippen molar-refractivity contribution in [2.75, 3.05) is 26.2 Å². The molecule has 16 heavy (non-hydrogen) atoms. The van der Waals surface area contributed by atoms with E-state index in [-0.39, 0.29) is 5.60 Å². The van der Waals surface area contributed by atoms with Crippen molar-refractivity contribution in [2.45, 2.75) is 45.1 Å². The number of piperidine rings is 1. The maximum absolute atomic E-state index is 8.81. The minimum absolute atomic E-state index is 0.0351. The van der Waals surface area contributed by atoms with Crippen molar-refractivity contribution in [2.24, 2.45) is 5.41 Å². The average Bonchev–Trinajstić information content (AvgIpc) is 2.16. The van der Waals surface area contributed by atoms with Crippen molar-refractivity contribution in [3.8, 4) is 6.07 Å². The van der Waals surface area contributed by atoms with Gasteiger partial charge >= 0.3 is 0 Å². The Hall–Kier alpha value is -0.590. The summed E-state index contributed by atoms with van der Waals surface area (Å²) in [5, 5.41) is 8.81. The molecule has 2 heterocycles. The fourth-order valence-corrected chi connectivity index (χ4v) is 3.63. The second-order valence-electron chi connectivity index (χ2n) is 6.15. The van der Waals surface area contributed by atoms with Crippen LogP contribution in [0.15, 0.2) is 0 Å². The normalized spacial score (nSPS) is 38.2. The SMILES string of the molecule is CC1(C)C[C@@]2(CCC[NH+](CC#N)C2)CCO1. The summed E-state index contributed by atoms with van der Waals surface area (Å²) in [6, 6.07) is 2.31. The van der Waals surface area contributed by atoms with Gasteiger partial charge in [-0.05, 0) is 39.5 Å². The lowest BCUT2D eigenvalue weighted by molar-refractivity contribution is -0.906. The van der Waals surface area contributed by atoms with Crippen LogP contribution in [0.1, 0.15) is 39.5 Å². The van der Waals surface area contributed by atoms with Crippen molar-refractivity contribution >= 4 is 0 Å². The molecule has 3 heteroatoms. The maximum Gasteiger partial charge on any atom is 0.165 e. The number of ether oxygens (including phenoxy) is 1. The van der Waals surface area contributed by atoms with Gasteiger partial charge in [0.05, 0.1) is 18.7 Å². The van der Waals surface area contributed by atoms with Crippen molar-refractivity contribution < 1.29 is 9.64 Å². The van der Waals surface area contributed by atoms with E-state index in [1.165, 1.54) is 37.3 Å². The maximum atomic E-state index is 8.81. The van der Waals surface area contributed by atoms with Gasteiger partial charge in [-0.25, -0.2) is 0 Å². The molecular weight excluding hydrogens is 200 g/mol. The Balaban J connectivity index is 2.04. The highest BCUT2D eigenvalue weighted by atomic mass is 16.5. The molecule has 2 aliphatic heterocycles. The lowest BCUT2D eigenvalue weighted by atomic mass is 9.69. The third-order valence-electron chi connectivity index (χ3n) is 4.12. The summed E-state index contributed by atoms with van der Waals surface area (Å²) in [7, 11) is 0. The molecule has 1 unspecified atom stereocenters. The van der Waals surface area contributed by atoms with E-state index in [0.29, 0.717) is 12.0 Å². The van der Waals surface area contributed by atoms with Crippen molar-refractivity contribution in [1.29, 1.82) is 5.26 Å². The summed E-state index contributed by atoms with van der Waals surface area (Å²) in [4.78, 5) is 1.48. The topological polar surface area (TPSA) is 37.5 Å². The van der Waals surface area contributed by atoms with E-state index in [0.717, 1.165) is 13.0 Å². The molecule has 0 aliphatic carbocycles. The highest BCUT2D eigenvalue weighted by Crippen LogP contribution is 2.42. The first-order valence-electron chi connectivity index (χ1n) is 6.40. The van der Waals surface area contributed by atoms with Crippen LogP contribution >= 0.6 is 0 Å². The van der Waals surface area contributed by atoms with Crippen LogP contribution < -0.4 is 4.90 Å². The highest BCUT2D eigenvalue weighted by Gasteiger charge is 2.45. The number of likely N-dealkylation sites (tertiary alicyclic amines) is 1. The Morgan fingerprint density at radius 2 is 2.19 bits per heavy atom. The standard InChI is InChI=1S/C13H22N2O/c1-12(2)10-13(5-9-16-12)4-3-7-15(11-13)8-6-14/h3-5,7-11H2,1-2H3/p+1/t13-/m1/s1. The van der Waals surface area contributed by atoms with Gasteiger partial charge in [0.2, 0.25) is 0 Å². The summed E-state index contributed by atoms with van der Waals surface area (Å²) in [5.41, 5.74) is 0.486. The number of nitrogens with zero attached hydrogens (tertiary/aromatic N) is 1. The van der Waals surface area contributed by atoms with Gasteiger partial charge in [0, 0.05) is 12.0 Å². The molecule has 2 saturated heterocycles. The summed E-state index contributed by atoms with van der Waals surface area (Å²) in [5.74, 6) is 0. The number of quaternary nitrogens is 1. The Morgan fingerprint density at radius 3 is 2.88 bits per heavy atom. The Bertz CT molecular complexity index is 291. The van der Waals surface area contributed by atoms with E-state index in [1.54, 1.807) is 0 Å². The molecule has 0 saturated carbocycles. The van der Waals surface area contributed by atoms with E-state index in [1.807, 2.05) is 0 Å². The van der Waals surface area contributed by atoms with Crippen molar-refractivity contribution in [1.82, 2.24) is 0 Å². The third-order valence-corrected chi connectivity index (χ3v) is 4.12. The number of nitriles is 1. The van der Waals surface area contributed by atoms with Gasteiger partial charge in [-0.2, -0.15) is 5.26 Å². The number of rotatable bonds is 1. The van der Waals surface area contributed by atoms with Gasteiger partial charge in [-0.15, -0.1) is 0 Å². The van der Waals surface area contributed by atoms with E-state index >= 15 is 0 Å². The molecule has 0 amide bonds. The molecule has 1 spiro atoms. The molecule has 0 aromatic heterocycles. The molecule has 0 aromatic carbocycles. The second-order valence-corrected chi connectivity index (χ2v) is 6.15. The molecule has 90 valence electrons. The van der Waals surface area contributed by atoms with Crippen molar-refractivity contribution in [3.63, 3.8) is 0 Å². The van der Waals surface area contributed by atoms with Crippen molar-refractivity contribution in [3.05, 3.63) is 0 Å². The quantitative estimate of drug-likeness (QED) is 0.667. The zero-order valence-electron chi connectivity index (χ0n) is 10.5. The van der Waals surface area contributed by atoms with Crippen LogP contribution in [0.2, 0.25) is 0 Å². The lowest BCUT2D eigenvalue weighted by Gasteiger charge is -2.47. The minimum atomic E-state index is 0.0351. The molecule has 1 N–H and O–H groups in total. The molecule has 2 rings (SSSR count). The van der Waals surface area contributed by atoms with Gasteiger partial charge in [-0.1, -0.05) is 0 Å². The molecule has 2 atom stereocenters. The summed E-state index contributed by atoms with van der Waals surface area (Å²) in [6.07, 6.45) is 4.95. The largest absolute Gasteiger partial charge is 0.376 e. The number of hydrogen-bond donors (Lipinski definition) is 1. The smallest absolute Gasteiger partial charge is 0.165 e. The Morgan fingerprint density at radius 1 is 1.38 bits per heavy atom. The predicted molar refractivity (Wildman–Crippen MR) is 62.1 cm³/mol. The number of nitrogens with one attached hydrogen (secondary N) is 1. The van der Waals surface area contributed by atoms with E-state index in [4.69, 9.17) is 10.00 Å². The van der Waals surface area contributed by atoms with Crippen LogP contribution in [-0.4, -0.2) is 31.8 Å². The summed E-state index contributed by atoms with van der Waals surface area (Å²) < 4.78 is 5.81. The summed E-state index contributed by atoms with van der Waals surface area (Å²) >= 11 is 0. The average molecular weight is 223 g/mol. The number of hydrogen-bond acceptors (Lipinski definition) is 2. The molecule has 3 nitrogen and oxygen atoms in total. The van der Waals surface area contributed by atoms with Crippen LogP contribution in [-0.2, 0) is 4.74 Å². The molecule has 2 aliphatic rings. The molecule has 0 aromatic rings. The fourth-order valence-electron chi connectivity index (χ4n) is 3.63. The zero-order chi connectivity index (χ0) is 11.6. The van der Waals surface area contributed by atoms with Crippen LogP contribution in [0, 0.1) is 16.7 Å². The van der Waals surface area contributed by atoms with Crippen LogP contribution in [0.3, 0.4) is 0 Å².